The Morgan fingerprint density at radius 2 is 2.15 bits per heavy atom. The summed E-state index contributed by atoms with van der Waals surface area (Å²) in [5.41, 5.74) is 0.423. The molecule has 0 radical (unpaired) electrons. The molecule has 5 nitrogen and oxygen atoms in total. The van der Waals surface area contributed by atoms with E-state index in [1.807, 2.05) is 6.92 Å². The van der Waals surface area contributed by atoms with E-state index in [0.29, 0.717) is 17.1 Å². The molecule has 0 saturated heterocycles. The fourth-order valence-electron chi connectivity index (χ4n) is 1.57. The van der Waals surface area contributed by atoms with Crippen molar-refractivity contribution >= 4 is 45.2 Å². The van der Waals surface area contributed by atoms with Crippen LogP contribution in [0.5, 0.6) is 0 Å². The monoisotopic (exact) mass is 362 g/mol. The zero-order chi connectivity index (χ0) is 15.1. The SMILES string of the molecule is CCCCC(NC(=O)Nc1ccc(Br)cc1Cl)C(=O)O. The molecule has 2 amide bonds. The van der Waals surface area contributed by atoms with E-state index >= 15 is 0 Å². The number of benzene rings is 1. The molecule has 0 aliphatic carbocycles. The number of hydrogen-bond acceptors (Lipinski definition) is 2. The Balaban J connectivity index is 2.63. The molecule has 0 aromatic heterocycles. The lowest BCUT2D eigenvalue weighted by Crippen LogP contribution is -2.43. The highest BCUT2D eigenvalue weighted by molar-refractivity contribution is 9.10. The van der Waals surface area contributed by atoms with E-state index in [1.54, 1.807) is 18.2 Å². The molecular weight excluding hydrogens is 348 g/mol. The van der Waals surface area contributed by atoms with E-state index in [9.17, 15) is 9.59 Å². The molecule has 0 fully saturated rings. The lowest BCUT2D eigenvalue weighted by atomic mass is 10.1. The first-order valence-corrected chi connectivity index (χ1v) is 7.36. The molecule has 0 bridgehead atoms. The standard InChI is InChI=1S/C13H16BrClN2O3/c1-2-3-4-11(12(18)19)17-13(20)16-10-6-5-8(14)7-9(10)15/h5-7,11H,2-4H2,1H3,(H,18,19)(H2,16,17,20). The number of carbonyl (C=O) groups excluding carboxylic acids is 1. The molecule has 1 aromatic carbocycles. The van der Waals surface area contributed by atoms with E-state index in [1.165, 1.54) is 0 Å². The van der Waals surface area contributed by atoms with E-state index in [-0.39, 0.29) is 0 Å². The number of aliphatic carboxylic acids is 1. The van der Waals surface area contributed by atoms with E-state index < -0.39 is 18.0 Å². The Morgan fingerprint density at radius 1 is 1.45 bits per heavy atom. The van der Waals surface area contributed by atoms with Crippen LogP contribution in [0.4, 0.5) is 10.5 Å². The first-order chi connectivity index (χ1) is 9.43. The van der Waals surface area contributed by atoms with Gasteiger partial charge in [-0.05, 0) is 24.6 Å². The van der Waals surface area contributed by atoms with E-state index in [2.05, 4.69) is 26.6 Å². The summed E-state index contributed by atoms with van der Waals surface area (Å²) in [6.07, 6.45) is 2.00. The molecule has 0 aliphatic heterocycles. The average molecular weight is 364 g/mol. The van der Waals surface area contributed by atoms with Crippen molar-refractivity contribution in [2.45, 2.75) is 32.2 Å². The van der Waals surface area contributed by atoms with Crippen LogP contribution >= 0.6 is 27.5 Å². The van der Waals surface area contributed by atoms with Crippen molar-refractivity contribution in [3.8, 4) is 0 Å². The van der Waals surface area contributed by atoms with Crippen LogP contribution in [-0.4, -0.2) is 23.1 Å². The van der Waals surface area contributed by atoms with Gasteiger partial charge in [0.25, 0.3) is 0 Å². The molecule has 1 aromatic rings. The minimum Gasteiger partial charge on any atom is -0.480 e. The highest BCUT2D eigenvalue weighted by atomic mass is 79.9. The van der Waals surface area contributed by atoms with Gasteiger partial charge in [0.1, 0.15) is 6.04 Å². The topological polar surface area (TPSA) is 78.4 Å². The number of halogens is 2. The number of unbranched alkanes of at least 4 members (excludes halogenated alkanes) is 1. The molecule has 0 aliphatic rings. The summed E-state index contributed by atoms with van der Waals surface area (Å²) in [6.45, 7) is 1.96. The van der Waals surface area contributed by atoms with E-state index in [0.717, 1.165) is 17.3 Å². The number of urea groups is 1. The zero-order valence-electron chi connectivity index (χ0n) is 11.0. The molecule has 20 heavy (non-hydrogen) atoms. The lowest BCUT2D eigenvalue weighted by molar-refractivity contribution is -0.139. The van der Waals surface area contributed by atoms with Gasteiger partial charge in [0.05, 0.1) is 10.7 Å². The van der Waals surface area contributed by atoms with Crippen LogP contribution in [0.15, 0.2) is 22.7 Å². The fourth-order valence-corrected chi connectivity index (χ4v) is 2.29. The molecule has 1 atom stereocenters. The van der Waals surface area contributed by atoms with Gasteiger partial charge in [0.2, 0.25) is 0 Å². The van der Waals surface area contributed by atoms with Crippen molar-refractivity contribution in [1.29, 1.82) is 0 Å². The third kappa shape index (κ3) is 5.38. The van der Waals surface area contributed by atoms with E-state index in [4.69, 9.17) is 16.7 Å². The second kappa shape index (κ2) is 8.11. The summed E-state index contributed by atoms with van der Waals surface area (Å²) in [5, 5.41) is 14.4. The second-order valence-corrected chi connectivity index (χ2v) is 5.58. The molecule has 7 heteroatoms. The maximum absolute atomic E-state index is 11.8. The Kier molecular flexibility index (Phi) is 6.81. The van der Waals surface area contributed by atoms with Crippen molar-refractivity contribution in [2.75, 3.05) is 5.32 Å². The third-order valence-electron chi connectivity index (χ3n) is 2.63. The number of carboxylic acid groups (broad SMARTS) is 1. The molecule has 3 N–H and O–H groups in total. The zero-order valence-corrected chi connectivity index (χ0v) is 13.3. The predicted octanol–water partition coefficient (Wildman–Crippen LogP) is 3.87. The Labute approximate surface area is 130 Å². The molecule has 0 saturated carbocycles. The minimum atomic E-state index is -1.05. The quantitative estimate of drug-likeness (QED) is 0.718. The summed E-state index contributed by atoms with van der Waals surface area (Å²) in [6, 6.07) is 3.52. The summed E-state index contributed by atoms with van der Waals surface area (Å²) in [5.74, 6) is -1.05. The normalized spacial score (nSPS) is 11.8. The van der Waals surface area contributed by atoms with Gasteiger partial charge in [-0.3, -0.25) is 0 Å². The van der Waals surface area contributed by atoms with Crippen LogP contribution < -0.4 is 10.6 Å². The van der Waals surface area contributed by atoms with Gasteiger partial charge >= 0.3 is 12.0 Å². The van der Waals surface area contributed by atoms with Crippen LogP contribution in [0.25, 0.3) is 0 Å². The van der Waals surface area contributed by atoms with Crippen LogP contribution in [0.1, 0.15) is 26.2 Å². The van der Waals surface area contributed by atoms with Gasteiger partial charge in [-0.1, -0.05) is 47.3 Å². The number of amides is 2. The van der Waals surface area contributed by atoms with Gasteiger partial charge in [-0.25, -0.2) is 9.59 Å². The predicted molar refractivity (Wildman–Crippen MR) is 82.3 cm³/mol. The largest absolute Gasteiger partial charge is 0.480 e. The van der Waals surface area contributed by atoms with Crippen molar-refractivity contribution in [3.63, 3.8) is 0 Å². The maximum Gasteiger partial charge on any atom is 0.326 e. The summed E-state index contributed by atoms with van der Waals surface area (Å²) < 4.78 is 0.791. The first kappa shape index (κ1) is 16.8. The number of nitrogens with one attached hydrogen (secondary N) is 2. The third-order valence-corrected chi connectivity index (χ3v) is 3.44. The fraction of sp³-hybridized carbons (Fsp3) is 0.385. The highest BCUT2D eigenvalue weighted by Crippen LogP contribution is 2.25. The second-order valence-electron chi connectivity index (χ2n) is 4.26. The molecule has 1 rings (SSSR count). The number of hydrogen-bond donors (Lipinski definition) is 3. The minimum absolute atomic E-state index is 0.370. The smallest absolute Gasteiger partial charge is 0.326 e. The number of anilines is 1. The van der Waals surface area contributed by atoms with Gasteiger partial charge in [-0.2, -0.15) is 0 Å². The van der Waals surface area contributed by atoms with Crippen molar-refractivity contribution in [3.05, 3.63) is 27.7 Å². The van der Waals surface area contributed by atoms with Crippen LogP contribution in [-0.2, 0) is 4.79 Å². The van der Waals surface area contributed by atoms with Crippen molar-refractivity contribution in [2.24, 2.45) is 0 Å². The summed E-state index contributed by atoms with van der Waals surface area (Å²) >= 11 is 9.23. The lowest BCUT2D eigenvalue weighted by Gasteiger charge is -2.15. The van der Waals surface area contributed by atoms with Gasteiger partial charge < -0.3 is 15.7 Å². The van der Waals surface area contributed by atoms with Crippen molar-refractivity contribution < 1.29 is 14.7 Å². The highest BCUT2D eigenvalue weighted by Gasteiger charge is 2.19. The summed E-state index contributed by atoms with van der Waals surface area (Å²) in [7, 11) is 0. The molecule has 1 unspecified atom stereocenters. The molecule has 0 spiro atoms. The first-order valence-electron chi connectivity index (χ1n) is 6.19. The maximum atomic E-state index is 11.8. The van der Waals surface area contributed by atoms with Crippen LogP contribution in [0.2, 0.25) is 5.02 Å². The Morgan fingerprint density at radius 3 is 2.70 bits per heavy atom. The molecule has 110 valence electrons. The van der Waals surface area contributed by atoms with Gasteiger partial charge in [0, 0.05) is 4.47 Å². The number of rotatable bonds is 6. The Hall–Kier alpha value is -1.27. The van der Waals surface area contributed by atoms with Crippen LogP contribution in [0.3, 0.4) is 0 Å². The Bertz CT molecular complexity index is 497. The summed E-state index contributed by atoms with van der Waals surface area (Å²) in [4.78, 5) is 22.8. The number of carboxylic acids is 1. The average Bonchev–Trinajstić information content (AvgIpc) is 2.37. The van der Waals surface area contributed by atoms with Gasteiger partial charge in [-0.15, -0.1) is 0 Å². The number of carbonyl (C=O) groups is 2. The van der Waals surface area contributed by atoms with Crippen LogP contribution in [0, 0.1) is 0 Å². The molecular formula is C13H16BrClN2O3. The van der Waals surface area contributed by atoms with Crippen molar-refractivity contribution in [1.82, 2.24) is 5.32 Å². The van der Waals surface area contributed by atoms with Gasteiger partial charge in [0.15, 0.2) is 0 Å². The molecule has 0 heterocycles.